The van der Waals surface area contributed by atoms with E-state index in [4.69, 9.17) is 5.73 Å². The van der Waals surface area contributed by atoms with Crippen LogP contribution in [0.25, 0.3) is 0 Å². The summed E-state index contributed by atoms with van der Waals surface area (Å²) in [7, 11) is 0. The smallest absolute Gasteiger partial charge is 0.226 e. The molecule has 0 spiro atoms. The number of hydrogen-bond donors (Lipinski definition) is 2. The number of carbonyl (C=O) groups excluding carboxylic acids is 1. The van der Waals surface area contributed by atoms with Gasteiger partial charge < -0.3 is 16.0 Å². The van der Waals surface area contributed by atoms with Crippen molar-refractivity contribution < 1.29 is 4.79 Å². The van der Waals surface area contributed by atoms with Gasteiger partial charge in [-0.15, -0.1) is 11.3 Å². The number of likely N-dealkylation sites (N-methyl/N-ethyl adjacent to an activating group) is 1. The van der Waals surface area contributed by atoms with E-state index < -0.39 is 0 Å². The van der Waals surface area contributed by atoms with Gasteiger partial charge in [0, 0.05) is 18.5 Å². The van der Waals surface area contributed by atoms with E-state index in [1.165, 1.54) is 11.3 Å². The molecule has 0 saturated heterocycles. The van der Waals surface area contributed by atoms with Crippen molar-refractivity contribution in [3.05, 3.63) is 11.1 Å². The number of thiazole rings is 1. The SMILES string of the molecule is CCCN(CC)CCNC(=O)Cc1csc(N)n1. The molecule has 3 N–H and O–H groups in total. The molecule has 18 heavy (non-hydrogen) atoms. The first-order chi connectivity index (χ1) is 8.65. The van der Waals surface area contributed by atoms with Gasteiger partial charge in [-0.25, -0.2) is 4.98 Å². The van der Waals surface area contributed by atoms with Gasteiger partial charge >= 0.3 is 0 Å². The maximum atomic E-state index is 11.6. The second-order valence-electron chi connectivity index (χ2n) is 4.14. The van der Waals surface area contributed by atoms with E-state index in [0.717, 1.165) is 31.7 Å². The molecule has 0 fully saturated rings. The van der Waals surface area contributed by atoms with E-state index in [0.29, 0.717) is 18.1 Å². The molecular formula is C12H22N4OS. The quantitative estimate of drug-likeness (QED) is 0.742. The lowest BCUT2D eigenvalue weighted by Crippen LogP contribution is -2.35. The summed E-state index contributed by atoms with van der Waals surface area (Å²) < 4.78 is 0. The number of nitrogen functional groups attached to an aromatic ring is 1. The number of nitrogens with one attached hydrogen (secondary N) is 1. The van der Waals surface area contributed by atoms with Gasteiger partial charge in [0.25, 0.3) is 0 Å². The number of carbonyl (C=O) groups is 1. The summed E-state index contributed by atoms with van der Waals surface area (Å²) in [6.45, 7) is 7.98. The van der Waals surface area contributed by atoms with Gasteiger partial charge in [-0.1, -0.05) is 13.8 Å². The van der Waals surface area contributed by atoms with E-state index in [9.17, 15) is 4.79 Å². The molecule has 0 radical (unpaired) electrons. The minimum Gasteiger partial charge on any atom is -0.375 e. The predicted molar refractivity (Wildman–Crippen MR) is 75.6 cm³/mol. The van der Waals surface area contributed by atoms with Crippen LogP contribution in [0.2, 0.25) is 0 Å². The fourth-order valence-electron chi connectivity index (χ4n) is 1.73. The zero-order chi connectivity index (χ0) is 13.4. The molecule has 0 saturated carbocycles. The number of nitrogens with zero attached hydrogens (tertiary/aromatic N) is 2. The lowest BCUT2D eigenvalue weighted by molar-refractivity contribution is -0.120. The minimum atomic E-state index is 0.00727. The second kappa shape index (κ2) is 8.05. The van der Waals surface area contributed by atoms with Crippen molar-refractivity contribution in [1.29, 1.82) is 0 Å². The first kappa shape index (κ1) is 14.9. The maximum Gasteiger partial charge on any atom is 0.226 e. The van der Waals surface area contributed by atoms with Crippen molar-refractivity contribution in [3.8, 4) is 0 Å². The fourth-order valence-corrected chi connectivity index (χ4v) is 2.29. The van der Waals surface area contributed by atoms with E-state index >= 15 is 0 Å². The van der Waals surface area contributed by atoms with Crippen LogP contribution >= 0.6 is 11.3 Å². The number of anilines is 1. The largest absolute Gasteiger partial charge is 0.375 e. The lowest BCUT2D eigenvalue weighted by Gasteiger charge is -2.19. The van der Waals surface area contributed by atoms with Crippen LogP contribution in [0.5, 0.6) is 0 Å². The summed E-state index contributed by atoms with van der Waals surface area (Å²) in [5, 5.41) is 5.24. The molecule has 0 unspecified atom stereocenters. The van der Waals surface area contributed by atoms with Crippen LogP contribution in [-0.4, -0.2) is 42.0 Å². The Morgan fingerprint density at radius 2 is 2.28 bits per heavy atom. The molecule has 6 heteroatoms. The summed E-state index contributed by atoms with van der Waals surface area (Å²) in [4.78, 5) is 18.0. The molecule has 1 amide bonds. The van der Waals surface area contributed by atoms with E-state index in [2.05, 4.69) is 29.0 Å². The van der Waals surface area contributed by atoms with Crippen LogP contribution in [0.3, 0.4) is 0 Å². The van der Waals surface area contributed by atoms with Crippen LogP contribution in [0.4, 0.5) is 5.13 Å². The summed E-state index contributed by atoms with van der Waals surface area (Å²) in [5.74, 6) is 0.00727. The van der Waals surface area contributed by atoms with Crippen molar-refractivity contribution in [2.45, 2.75) is 26.7 Å². The summed E-state index contributed by atoms with van der Waals surface area (Å²) in [5.41, 5.74) is 6.26. The third-order valence-electron chi connectivity index (χ3n) is 2.65. The minimum absolute atomic E-state index is 0.00727. The van der Waals surface area contributed by atoms with Crippen LogP contribution in [0.15, 0.2) is 5.38 Å². The molecule has 102 valence electrons. The topological polar surface area (TPSA) is 71.2 Å². The molecule has 1 aromatic rings. The van der Waals surface area contributed by atoms with Crippen LogP contribution in [0.1, 0.15) is 26.0 Å². The fraction of sp³-hybridized carbons (Fsp3) is 0.667. The van der Waals surface area contributed by atoms with Gasteiger partial charge in [-0.3, -0.25) is 4.79 Å². The zero-order valence-corrected chi connectivity index (χ0v) is 11.9. The Bertz CT molecular complexity index is 367. The van der Waals surface area contributed by atoms with Crippen molar-refractivity contribution >= 4 is 22.4 Å². The number of amides is 1. The molecule has 1 aromatic heterocycles. The number of aromatic nitrogens is 1. The highest BCUT2D eigenvalue weighted by atomic mass is 32.1. The first-order valence-corrected chi connectivity index (χ1v) is 7.22. The van der Waals surface area contributed by atoms with Crippen LogP contribution in [-0.2, 0) is 11.2 Å². The Morgan fingerprint density at radius 1 is 1.50 bits per heavy atom. The van der Waals surface area contributed by atoms with Crippen LogP contribution in [0, 0.1) is 0 Å². The monoisotopic (exact) mass is 270 g/mol. The predicted octanol–water partition coefficient (Wildman–Crippen LogP) is 1.12. The Kier molecular flexibility index (Phi) is 6.67. The molecular weight excluding hydrogens is 248 g/mol. The Labute approximate surface area is 112 Å². The summed E-state index contributed by atoms with van der Waals surface area (Å²) in [6, 6.07) is 0. The van der Waals surface area contributed by atoms with Gasteiger partial charge in [0.05, 0.1) is 12.1 Å². The molecule has 1 rings (SSSR count). The van der Waals surface area contributed by atoms with Gasteiger partial charge in [0.1, 0.15) is 0 Å². The highest BCUT2D eigenvalue weighted by molar-refractivity contribution is 7.13. The van der Waals surface area contributed by atoms with Crippen molar-refractivity contribution in [1.82, 2.24) is 15.2 Å². The average molecular weight is 270 g/mol. The third-order valence-corrected chi connectivity index (χ3v) is 3.37. The van der Waals surface area contributed by atoms with Gasteiger partial charge in [-0.2, -0.15) is 0 Å². The Morgan fingerprint density at radius 3 is 2.83 bits per heavy atom. The third kappa shape index (κ3) is 5.46. The standard InChI is InChI=1S/C12H22N4OS/c1-3-6-16(4-2)7-5-14-11(17)8-10-9-18-12(13)15-10/h9H,3-8H2,1-2H3,(H2,13,15)(H,14,17). The van der Waals surface area contributed by atoms with Crippen LogP contribution < -0.4 is 11.1 Å². The molecule has 0 bridgehead atoms. The average Bonchev–Trinajstić information content (AvgIpc) is 2.73. The molecule has 1 heterocycles. The van der Waals surface area contributed by atoms with E-state index in [1.807, 2.05) is 5.38 Å². The van der Waals surface area contributed by atoms with E-state index in [1.54, 1.807) is 0 Å². The van der Waals surface area contributed by atoms with Crippen molar-refractivity contribution in [2.75, 3.05) is 31.9 Å². The molecule has 0 atom stereocenters. The number of hydrogen-bond acceptors (Lipinski definition) is 5. The summed E-state index contributed by atoms with van der Waals surface area (Å²) in [6.07, 6.45) is 1.45. The highest BCUT2D eigenvalue weighted by Crippen LogP contribution is 2.11. The molecule has 0 aliphatic heterocycles. The first-order valence-electron chi connectivity index (χ1n) is 6.34. The molecule has 0 aliphatic carbocycles. The zero-order valence-electron chi connectivity index (χ0n) is 11.1. The Hall–Kier alpha value is -1.14. The molecule has 0 aromatic carbocycles. The van der Waals surface area contributed by atoms with E-state index in [-0.39, 0.29) is 5.91 Å². The van der Waals surface area contributed by atoms with Gasteiger partial charge in [0.15, 0.2) is 5.13 Å². The lowest BCUT2D eigenvalue weighted by atomic mass is 10.3. The Balaban J connectivity index is 2.20. The summed E-state index contributed by atoms with van der Waals surface area (Å²) >= 11 is 1.36. The van der Waals surface area contributed by atoms with Crippen molar-refractivity contribution in [3.63, 3.8) is 0 Å². The number of rotatable bonds is 8. The molecule has 5 nitrogen and oxygen atoms in total. The normalized spacial score (nSPS) is 10.8. The number of nitrogens with two attached hydrogens (primary N) is 1. The second-order valence-corrected chi connectivity index (χ2v) is 5.03. The van der Waals surface area contributed by atoms with Crippen molar-refractivity contribution in [2.24, 2.45) is 0 Å². The van der Waals surface area contributed by atoms with Gasteiger partial charge in [-0.05, 0) is 19.5 Å². The van der Waals surface area contributed by atoms with Gasteiger partial charge in [0.2, 0.25) is 5.91 Å². The molecule has 0 aliphatic rings. The maximum absolute atomic E-state index is 11.6. The highest BCUT2D eigenvalue weighted by Gasteiger charge is 2.07.